The molecule has 1 aromatic carbocycles. The van der Waals surface area contributed by atoms with Gasteiger partial charge >= 0.3 is 0 Å². The smallest absolute Gasteiger partial charge is 0.246 e. The molecule has 0 spiro atoms. The van der Waals surface area contributed by atoms with E-state index in [2.05, 4.69) is 45.2 Å². The summed E-state index contributed by atoms with van der Waals surface area (Å²) >= 11 is 1.61. The zero-order chi connectivity index (χ0) is 18.9. The molecule has 140 valence electrons. The molecular weight excluding hydrogens is 350 g/mol. The fraction of sp³-hybridized carbons (Fsp3) is 0.389. The number of guanidine groups is 1. The first-order valence-corrected chi connectivity index (χ1v) is 9.41. The van der Waals surface area contributed by atoms with E-state index in [0.717, 1.165) is 10.7 Å². The molecule has 4 N–H and O–H groups in total. The molecule has 0 saturated carbocycles. The van der Waals surface area contributed by atoms with Crippen molar-refractivity contribution in [1.29, 1.82) is 0 Å². The lowest BCUT2D eigenvalue weighted by Gasteiger charge is -2.10. The fourth-order valence-electron chi connectivity index (χ4n) is 2.07. The van der Waals surface area contributed by atoms with Gasteiger partial charge in [-0.05, 0) is 37.1 Å². The Labute approximate surface area is 157 Å². The van der Waals surface area contributed by atoms with Crippen LogP contribution in [0.2, 0.25) is 0 Å². The number of rotatable bonds is 7. The number of carbonyl (C=O) groups is 1. The molecule has 0 unspecified atom stereocenters. The molecule has 0 fully saturated rings. The maximum Gasteiger partial charge on any atom is 0.246 e. The molecule has 0 atom stereocenters. The Morgan fingerprint density at radius 1 is 1.27 bits per heavy atom. The molecule has 8 heteroatoms. The van der Waals surface area contributed by atoms with Gasteiger partial charge in [-0.2, -0.15) is 0 Å². The minimum Gasteiger partial charge on any atom is -0.508 e. The third-order valence-corrected chi connectivity index (χ3v) is 4.31. The number of benzene rings is 1. The number of hydrogen-bond donors (Lipinski definition) is 4. The van der Waals surface area contributed by atoms with Gasteiger partial charge in [-0.15, -0.1) is 11.3 Å². The van der Waals surface area contributed by atoms with Crippen LogP contribution in [0.5, 0.6) is 5.75 Å². The highest BCUT2D eigenvalue weighted by Crippen LogP contribution is 2.17. The quantitative estimate of drug-likeness (QED) is 0.339. The molecule has 0 aliphatic rings. The fourth-order valence-corrected chi connectivity index (χ4v) is 2.96. The highest BCUT2D eigenvalue weighted by Gasteiger charge is 2.07. The third kappa shape index (κ3) is 6.36. The molecule has 0 radical (unpaired) electrons. The monoisotopic (exact) mass is 375 g/mol. The summed E-state index contributed by atoms with van der Waals surface area (Å²) in [6.07, 6.45) is 0. The number of nitrogens with zero attached hydrogens (tertiary/aromatic N) is 2. The first-order chi connectivity index (χ1) is 12.5. The standard InChI is InChI=1S/C18H25N5O2S/c1-4-19-18(21-10-17-23-15(11-26-17)12(2)3)20-9-16(25)22-13-5-7-14(24)8-6-13/h5-8,11-12,24H,4,9-10H2,1-3H3,(H,22,25)(H2,19,20,21). The van der Waals surface area contributed by atoms with Crippen LogP contribution >= 0.6 is 11.3 Å². The highest BCUT2D eigenvalue weighted by molar-refractivity contribution is 7.09. The minimum absolute atomic E-state index is 0.00861. The molecule has 1 aromatic heterocycles. The topological polar surface area (TPSA) is 98.6 Å². The summed E-state index contributed by atoms with van der Waals surface area (Å²) in [5, 5.41) is 21.3. The number of nitrogens with one attached hydrogen (secondary N) is 3. The van der Waals surface area contributed by atoms with Crippen LogP contribution < -0.4 is 16.0 Å². The van der Waals surface area contributed by atoms with Crippen molar-refractivity contribution in [2.24, 2.45) is 4.99 Å². The van der Waals surface area contributed by atoms with Gasteiger partial charge < -0.3 is 21.1 Å². The van der Waals surface area contributed by atoms with Gasteiger partial charge in [0, 0.05) is 17.6 Å². The summed E-state index contributed by atoms with van der Waals surface area (Å²) in [4.78, 5) is 20.9. The van der Waals surface area contributed by atoms with Crippen LogP contribution in [-0.4, -0.2) is 35.0 Å². The van der Waals surface area contributed by atoms with Crippen molar-refractivity contribution >= 4 is 28.9 Å². The van der Waals surface area contributed by atoms with Crippen molar-refractivity contribution in [3.63, 3.8) is 0 Å². The molecule has 7 nitrogen and oxygen atoms in total. The number of amides is 1. The lowest BCUT2D eigenvalue weighted by Crippen LogP contribution is -2.37. The predicted octanol–water partition coefficient (Wildman–Crippen LogP) is 2.67. The van der Waals surface area contributed by atoms with Crippen LogP contribution in [0.4, 0.5) is 5.69 Å². The maximum absolute atomic E-state index is 12.0. The largest absolute Gasteiger partial charge is 0.508 e. The second kappa shape index (κ2) is 9.76. The van der Waals surface area contributed by atoms with Gasteiger partial charge in [0.15, 0.2) is 5.96 Å². The van der Waals surface area contributed by atoms with E-state index in [1.807, 2.05) is 6.92 Å². The van der Waals surface area contributed by atoms with E-state index >= 15 is 0 Å². The molecule has 0 saturated heterocycles. The zero-order valence-electron chi connectivity index (χ0n) is 15.2. The Morgan fingerprint density at radius 3 is 2.62 bits per heavy atom. The van der Waals surface area contributed by atoms with E-state index in [0.29, 0.717) is 30.7 Å². The number of phenols is 1. The van der Waals surface area contributed by atoms with Crippen LogP contribution in [0, 0.1) is 0 Å². The van der Waals surface area contributed by atoms with Crippen LogP contribution in [-0.2, 0) is 11.3 Å². The molecule has 0 aliphatic heterocycles. The molecule has 2 rings (SSSR count). The third-order valence-electron chi connectivity index (χ3n) is 3.44. The predicted molar refractivity (Wildman–Crippen MR) is 106 cm³/mol. The maximum atomic E-state index is 12.0. The first kappa shape index (κ1) is 19.7. The van der Waals surface area contributed by atoms with Crippen molar-refractivity contribution in [3.05, 3.63) is 40.3 Å². The van der Waals surface area contributed by atoms with Crippen LogP contribution in [0.3, 0.4) is 0 Å². The molecular formula is C18H25N5O2S. The second-order valence-electron chi connectivity index (χ2n) is 5.96. The van der Waals surface area contributed by atoms with Crippen molar-refractivity contribution in [1.82, 2.24) is 15.6 Å². The lowest BCUT2D eigenvalue weighted by molar-refractivity contribution is -0.114. The molecule has 1 heterocycles. The Bertz CT molecular complexity index is 740. The van der Waals surface area contributed by atoms with Gasteiger partial charge in [0.05, 0.1) is 12.2 Å². The average Bonchev–Trinajstić information content (AvgIpc) is 3.09. The van der Waals surface area contributed by atoms with Crippen LogP contribution in [0.1, 0.15) is 37.4 Å². The Balaban J connectivity index is 1.88. The summed E-state index contributed by atoms with van der Waals surface area (Å²) in [6.45, 7) is 7.44. The number of phenolic OH excluding ortho intramolecular Hbond substituents is 1. The number of hydrogen-bond acceptors (Lipinski definition) is 5. The van der Waals surface area contributed by atoms with Crippen molar-refractivity contribution in [2.45, 2.75) is 33.2 Å². The van der Waals surface area contributed by atoms with Gasteiger partial charge in [0.25, 0.3) is 0 Å². The van der Waals surface area contributed by atoms with E-state index in [1.165, 1.54) is 12.1 Å². The number of thiazole rings is 1. The van der Waals surface area contributed by atoms with Crippen LogP contribution in [0.15, 0.2) is 34.6 Å². The van der Waals surface area contributed by atoms with E-state index in [4.69, 9.17) is 0 Å². The molecule has 0 bridgehead atoms. The van der Waals surface area contributed by atoms with Gasteiger partial charge in [0.1, 0.15) is 17.3 Å². The minimum atomic E-state index is -0.232. The van der Waals surface area contributed by atoms with E-state index < -0.39 is 0 Å². The lowest BCUT2D eigenvalue weighted by atomic mass is 10.2. The second-order valence-corrected chi connectivity index (χ2v) is 6.91. The Morgan fingerprint density at radius 2 is 2.00 bits per heavy atom. The molecule has 0 aliphatic carbocycles. The molecule has 2 aromatic rings. The van der Waals surface area contributed by atoms with Crippen LogP contribution in [0.25, 0.3) is 0 Å². The summed E-state index contributed by atoms with van der Waals surface area (Å²) in [6, 6.07) is 6.30. The number of aliphatic imine (C=N–C) groups is 1. The van der Waals surface area contributed by atoms with Crippen molar-refractivity contribution < 1.29 is 9.90 Å². The van der Waals surface area contributed by atoms with Gasteiger partial charge in [-0.25, -0.2) is 9.98 Å². The van der Waals surface area contributed by atoms with Crippen molar-refractivity contribution in [3.8, 4) is 5.75 Å². The molecule has 26 heavy (non-hydrogen) atoms. The van der Waals surface area contributed by atoms with Gasteiger partial charge in [0.2, 0.25) is 5.91 Å². The highest BCUT2D eigenvalue weighted by atomic mass is 32.1. The summed E-state index contributed by atoms with van der Waals surface area (Å²) in [5.74, 6) is 0.895. The van der Waals surface area contributed by atoms with Crippen molar-refractivity contribution in [2.75, 3.05) is 18.4 Å². The normalized spacial score (nSPS) is 11.5. The zero-order valence-corrected chi connectivity index (χ0v) is 16.1. The van der Waals surface area contributed by atoms with Gasteiger partial charge in [-0.3, -0.25) is 4.79 Å². The van der Waals surface area contributed by atoms with Gasteiger partial charge in [-0.1, -0.05) is 13.8 Å². The van der Waals surface area contributed by atoms with E-state index in [1.54, 1.807) is 23.5 Å². The van der Waals surface area contributed by atoms with E-state index in [-0.39, 0.29) is 18.2 Å². The number of carbonyl (C=O) groups excluding carboxylic acids is 1. The summed E-state index contributed by atoms with van der Waals surface area (Å²) in [7, 11) is 0. The SMILES string of the molecule is CCNC(=NCC(=O)Nc1ccc(O)cc1)NCc1nc(C(C)C)cs1. The number of aromatic hydroxyl groups is 1. The van der Waals surface area contributed by atoms with E-state index in [9.17, 15) is 9.90 Å². The average molecular weight is 375 g/mol. The number of aromatic nitrogens is 1. The summed E-state index contributed by atoms with van der Waals surface area (Å²) < 4.78 is 0. The summed E-state index contributed by atoms with van der Waals surface area (Å²) in [5.41, 5.74) is 1.70. The first-order valence-electron chi connectivity index (χ1n) is 8.53. The molecule has 1 amide bonds. The number of anilines is 1. The Hall–Kier alpha value is -2.61. The Kier molecular flexibility index (Phi) is 7.40.